The summed E-state index contributed by atoms with van der Waals surface area (Å²) in [5.74, 6) is 0.267. The zero-order valence-corrected chi connectivity index (χ0v) is 13.4. The Morgan fingerprint density at radius 3 is 2.87 bits per heavy atom. The molecule has 23 heavy (non-hydrogen) atoms. The highest BCUT2D eigenvalue weighted by atomic mass is 32.1. The summed E-state index contributed by atoms with van der Waals surface area (Å²) in [6.07, 6.45) is 3.33. The van der Waals surface area contributed by atoms with Crippen LogP contribution in [0.2, 0.25) is 0 Å². The Balaban J connectivity index is 1.56. The number of benzene rings is 1. The average molecular weight is 335 g/mol. The Hall–Kier alpha value is -2.15. The second-order valence-electron chi connectivity index (χ2n) is 5.46. The lowest BCUT2D eigenvalue weighted by atomic mass is 10.1. The van der Waals surface area contributed by atoms with Crippen LogP contribution in [0.25, 0.3) is 0 Å². The first-order valence-corrected chi connectivity index (χ1v) is 8.29. The van der Waals surface area contributed by atoms with Crippen LogP contribution in [0.5, 0.6) is 5.75 Å². The van der Waals surface area contributed by atoms with Gasteiger partial charge in [0.1, 0.15) is 23.4 Å². The molecule has 5 nitrogen and oxygen atoms in total. The summed E-state index contributed by atoms with van der Waals surface area (Å²) >= 11 is 1.32. The van der Waals surface area contributed by atoms with E-state index in [1.807, 2.05) is 6.07 Å². The zero-order chi connectivity index (χ0) is 16.2. The number of thiazole rings is 1. The molecule has 2 N–H and O–H groups in total. The summed E-state index contributed by atoms with van der Waals surface area (Å²) in [5.41, 5.74) is 5.88. The van der Waals surface area contributed by atoms with Crippen LogP contribution in [0.4, 0.5) is 9.52 Å². The monoisotopic (exact) mass is 335 g/mol. The highest BCUT2D eigenvalue weighted by Gasteiger charge is 2.23. The van der Waals surface area contributed by atoms with Crippen molar-refractivity contribution in [1.82, 2.24) is 4.98 Å². The van der Waals surface area contributed by atoms with Crippen LogP contribution in [-0.4, -0.2) is 30.1 Å². The number of nitrogens with two attached hydrogens (primary N) is 1. The molecule has 1 fully saturated rings. The standard InChI is InChI=1S/C16H18FN3O2S/c17-9-11-2-1-3-13(8-11)22-12-4-6-20(7-5-12)16-19-10-14(23-16)15(18)21/h1-3,8,10,12H,4-7,9H2,(H2,18,21). The number of alkyl halides is 1. The molecule has 1 amide bonds. The molecule has 0 bridgehead atoms. The van der Waals surface area contributed by atoms with Crippen molar-refractivity contribution in [1.29, 1.82) is 0 Å². The van der Waals surface area contributed by atoms with E-state index < -0.39 is 12.6 Å². The van der Waals surface area contributed by atoms with E-state index in [0.717, 1.165) is 31.1 Å². The molecule has 2 aromatic rings. The second kappa shape index (κ2) is 6.95. The van der Waals surface area contributed by atoms with Gasteiger partial charge in [0.25, 0.3) is 5.91 Å². The lowest BCUT2D eigenvalue weighted by molar-refractivity contribution is 0.100. The van der Waals surface area contributed by atoms with Gasteiger partial charge in [0, 0.05) is 25.9 Å². The molecule has 2 heterocycles. The van der Waals surface area contributed by atoms with Crippen molar-refractivity contribution in [2.75, 3.05) is 18.0 Å². The van der Waals surface area contributed by atoms with Gasteiger partial charge in [-0.2, -0.15) is 0 Å². The minimum absolute atomic E-state index is 0.108. The number of primary amides is 1. The molecule has 0 atom stereocenters. The van der Waals surface area contributed by atoms with Crippen molar-refractivity contribution in [3.05, 3.63) is 40.9 Å². The number of carbonyl (C=O) groups is 1. The Morgan fingerprint density at radius 1 is 1.43 bits per heavy atom. The van der Waals surface area contributed by atoms with Gasteiger partial charge < -0.3 is 15.4 Å². The van der Waals surface area contributed by atoms with Crippen molar-refractivity contribution < 1.29 is 13.9 Å². The van der Waals surface area contributed by atoms with Crippen LogP contribution in [-0.2, 0) is 6.67 Å². The van der Waals surface area contributed by atoms with Crippen LogP contribution in [0.15, 0.2) is 30.5 Å². The minimum atomic E-state index is -0.484. The average Bonchev–Trinajstić information content (AvgIpc) is 3.06. The van der Waals surface area contributed by atoms with E-state index in [4.69, 9.17) is 10.5 Å². The van der Waals surface area contributed by atoms with E-state index in [2.05, 4.69) is 9.88 Å². The van der Waals surface area contributed by atoms with Crippen LogP contribution in [0.1, 0.15) is 28.1 Å². The fraction of sp³-hybridized carbons (Fsp3) is 0.375. The first-order valence-electron chi connectivity index (χ1n) is 7.48. The maximum absolute atomic E-state index is 12.7. The molecule has 1 aromatic carbocycles. The number of carbonyl (C=O) groups excluding carboxylic acids is 1. The largest absolute Gasteiger partial charge is 0.490 e. The molecule has 1 aromatic heterocycles. The van der Waals surface area contributed by atoms with Crippen molar-refractivity contribution in [3.8, 4) is 5.75 Å². The maximum atomic E-state index is 12.7. The molecule has 1 aliphatic rings. The third-order valence-corrected chi connectivity index (χ3v) is 4.88. The van der Waals surface area contributed by atoms with Crippen LogP contribution >= 0.6 is 11.3 Å². The van der Waals surface area contributed by atoms with Gasteiger partial charge in [-0.3, -0.25) is 4.79 Å². The van der Waals surface area contributed by atoms with Crippen LogP contribution < -0.4 is 15.4 Å². The van der Waals surface area contributed by atoms with Gasteiger partial charge in [-0.05, 0) is 17.7 Å². The lowest BCUT2D eigenvalue weighted by Gasteiger charge is -2.32. The first-order chi connectivity index (χ1) is 11.2. The summed E-state index contributed by atoms with van der Waals surface area (Å²) < 4.78 is 18.6. The summed E-state index contributed by atoms with van der Waals surface area (Å²) in [6, 6.07) is 7.15. The smallest absolute Gasteiger partial charge is 0.260 e. The van der Waals surface area contributed by atoms with Crippen molar-refractivity contribution in [3.63, 3.8) is 0 Å². The van der Waals surface area contributed by atoms with Gasteiger partial charge in [-0.1, -0.05) is 23.5 Å². The summed E-state index contributed by atoms with van der Waals surface area (Å²) in [6.45, 7) is 1.13. The molecule has 0 aliphatic carbocycles. The van der Waals surface area contributed by atoms with Gasteiger partial charge >= 0.3 is 0 Å². The molecule has 1 aliphatic heterocycles. The highest BCUT2D eigenvalue weighted by Crippen LogP contribution is 2.27. The number of hydrogen-bond acceptors (Lipinski definition) is 5. The summed E-state index contributed by atoms with van der Waals surface area (Å²) in [7, 11) is 0. The normalized spacial score (nSPS) is 15.6. The van der Waals surface area contributed by atoms with E-state index in [-0.39, 0.29) is 6.10 Å². The SMILES string of the molecule is NC(=O)c1cnc(N2CCC(Oc3cccc(CF)c3)CC2)s1. The molecule has 1 saturated heterocycles. The van der Waals surface area contributed by atoms with Crippen LogP contribution in [0, 0.1) is 0 Å². The number of piperidine rings is 1. The van der Waals surface area contributed by atoms with Gasteiger partial charge in [0.15, 0.2) is 5.13 Å². The minimum Gasteiger partial charge on any atom is -0.490 e. The quantitative estimate of drug-likeness (QED) is 0.912. The number of hydrogen-bond donors (Lipinski definition) is 1. The molecule has 122 valence electrons. The number of ether oxygens (including phenoxy) is 1. The Morgan fingerprint density at radius 2 is 2.22 bits per heavy atom. The first kappa shape index (κ1) is 15.7. The van der Waals surface area contributed by atoms with E-state index in [9.17, 15) is 9.18 Å². The molecular formula is C16H18FN3O2S. The number of aromatic nitrogens is 1. The predicted molar refractivity (Wildman–Crippen MR) is 87.7 cm³/mol. The Kier molecular flexibility index (Phi) is 4.76. The van der Waals surface area contributed by atoms with Crippen molar-refractivity contribution in [2.24, 2.45) is 5.73 Å². The molecule has 0 spiro atoms. The van der Waals surface area contributed by atoms with E-state index in [0.29, 0.717) is 16.2 Å². The van der Waals surface area contributed by atoms with Gasteiger partial charge in [0.2, 0.25) is 0 Å². The molecular weight excluding hydrogens is 317 g/mol. The number of halogens is 1. The number of rotatable bonds is 5. The number of amides is 1. The van der Waals surface area contributed by atoms with Gasteiger partial charge in [0.05, 0.1) is 6.20 Å². The topological polar surface area (TPSA) is 68.5 Å². The second-order valence-corrected chi connectivity index (χ2v) is 6.47. The van der Waals surface area contributed by atoms with E-state index in [1.54, 1.807) is 18.2 Å². The summed E-state index contributed by atoms with van der Waals surface area (Å²) in [4.78, 5) is 18.0. The summed E-state index contributed by atoms with van der Waals surface area (Å²) in [5, 5.41) is 0.816. The highest BCUT2D eigenvalue weighted by molar-refractivity contribution is 7.17. The fourth-order valence-corrected chi connectivity index (χ4v) is 3.40. The van der Waals surface area contributed by atoms with Crippen molar-refractivity contribution in [2.45, 2.75) is 25.6 Å². The molecule has 0 unspecified atom stereocenters. The third-order valence-electron chi connectivity index (χ3n) is 3.80. The zero-order valence-electron chi connectivity index (χ0n) is 12.6. The molecule has 0 radical (unpaired) electrons. The number of anilines is 1. The van der Waals surface area contributed by atoms with E-state index >= 15 is 0 Å². The maximum Gasteiger partial charge on any atom is 0.260 e. The molecule has 7 heteroatoms. The van der Waals surface area contributed by atoms with Crippen molar-refractivity contribution >= 4 is 22.4 Å². The fourth-order valence-electron chi connectivity index (χ4n) is 2.58. The Bertz CT molecular complexity index is 683. The van der Waals surface area contributed by atoms with Gasteiger partial charge in [-0.15, -0.1) is 0 Å². The number of nitrogens with zero attached hydrogens (tertiary/aromatic N) is 2. The predicted octanol–water partition coefficient (Wildman–Crippen LogP) is 2.76. The van der Waals surface area contributed by atoms with Gasteiger partial charge in [-0.25, -0.2) is 9.37 Å². The third kappa shape index (κ3) is 3.79. The molecule has 0 saturated carbocycles. The lowest BCUT2D eigenvalue weighted by Crippen LogP contribution is -2.38. The van der Waals surface area contributed by atoms with E-state index in [1.165, 1.54) is 17.5 Å². The molecule has 3 rings (SSSR count). The Labute approximate surface area is 137 Å². The van der Waals surface area contributed by atoms with Crippen LogP contribution in [0.3, 0.4) is 0 Å².